The highest BCUT2D eigenvalue weighted by Crippen LogP contribution is 2.47. The molecule has 0 N–H and O–H groups in total. The lowest BCUT2D eigenvalue weighted by Crippen LogP contribution is -2.33. The quantitative estimate of drug-likeness (QED) is 0.452. The highest BCUT2D eigenvalue weighted by molar-refractivity contribution is 5.65. The van der Waals surface area contributed by atoms with Crippen LogP contribution in [0.15, 0.2) is 42.5 Å². The van der Waals surface area contributed by atoms with Crippen LogP contribution in [-0.4, -0.2) is 19.1 Å². The van der Waals surface area contributed by atoms with Gasteiger partial charge in [-0.1, -0.05) is 24.3 Å². The van der Waals surface area contributed by atoms with Crippen LogP contribution in [0, 0.1) is 17.7 Å². The molecule has 0 aliphatic heterocycles. The van der Waals surface area contributed by atoms with Crippen LogP contribution in [0.5, 0.6) is 5.75 Å². The van der Waals surface area contributed by atoms with Crippen molar-refractivity contribution in [3.8, 4) is 16.9 Å². The second-order valence-electron chi connectivity index (χ2n) is 8.73. The third-order valence-corrected chi connectivity index (χ3v) is 6.83. The summed E-state index contributed by atoms with van der Waals surface area (Å²) in [5.74, 6) is 1.09. The van der Waals surface area contributed by atoms with Gasteiger partial charge in [0.25, 0.3) is 0 Å². The smallest absolute Gasteiger partial charge is 0.406 e. The minimum Gasteiger partial charge on any atom is -0.406 e. The first-order valence-corrected chi connectivity index (χ1v) is 11.1. The highest BCUT2D eigenvalue weighted by atomic mass is 19.4. The molecule has 4 atom stereocenters. The van der Waals surface area contributed by atoms with Gasteiger partial charge >= 0.3 is 6.36 Å². The van der Waals surface area contributed by atoms with E-state index < -0.39 is 6.36 Å². The third-order valence-electron chi connectivity index (χ3n) is 6.83. The summed E-state index contributed by atoms with van der Waals surface area (Å²) in [6, 6.07) is 10.6. The molecule has 0 bridgehead atoms. The lowest BCUT2D eigenvalue weighted by molar-refractivity contribution is -0.274. The maximum Gasteiger partial charge on any atom is 0.573 e. The minimum absolute atomic E-state index is 0.316. The molecule has 0 radical (unpaired) electrons. The van der Waals surface area contributed by atoms with Crippen LogP contribution in [0.2, 0.25) is 0 Å². The molecule has 2 nitrogen and oxygen atoms in total. The fraction of sp³-hybridized carbons (Fsp3) is 0.520. The van der Waals surface area contributed by atoms with Crippen LogP contribution >= 0.6 is 0 Å². The molecule has 2 aromatic rings. The van der Waals surface area contributed by atoms with Gasteiger partial charge in [0.2, 0.25) is 0 Å². The second-order valence-corrected chi connectivity index (χ2v) is 8.73. The molecular weight excluding hydrogens is 408 g/mol. The van der Waals surface area contributed by atoms with Gasteiger partial charge in [0.1, 0.15) is 11.6 Å². The van der Waals surface area contributed by atoms with E-state index in [1.807, 2.05) is 13.0 Å². The fourth-order valence-corrected chi connectivity index (χ4v) is 5.39. The van der Waals surface area contributed by atoms with E-state index in [0.717, 1.165) is 44.3 Å². The summed E-state index contributed by atoms with van der Waals surface area (Å²) in [7, 11) is 0. The molecule has 0 saturated heterocycles. The van der Waals surface area contributed by atoms with Crippen LogP contribution in [-0.2, 0) is 4.74 Å². The molecule has 0 spiro atoms. The average Bonchev–Trinajstić information content (AvgIpc) is 2.73. The van der Waals surface area contributed by atoms with Crippen molar-refractivity contribution < 1.29 is 27.0 Å². The molecule has 0 heterocycles. The predicted molar refractivity (Wildman–Crippen MR) is 111 cm³/mol. The van der Waals surface area contributed by atoms with Gasteiger partial charge in [-0.05, 0) is 92.5 Å². The lowest BCUT2D eigenvalue weighted by atomic mass is 9.65. The monoisotopic (exact) mass is 436 g/mol. The Labute approximate surface area is 180 Å². The van der Waals surface area contributed by atoms with E-state index in [2.05, 4.69) is 4.74 Å². The Kier molecular flexibility index (Phi) is 6.56. The molecule has 2 fully saturated rings. The lowest BCUT2D eigenvalue weighted by Gasteiger charge is -2.42. The van der Waals surface area contributed by atoms with Crippen LogP contribution in [0.25, 0.3) is 11.1 Å². The van der Waals surface area contributed by atoms with Crippen molar-refractivity contribution >= 4 is 0 Å². The number of fused-ring (bicyclic) bond motifs is 1. The molecule has 0 aromatic heterocycles. The predicted octanol–water partition coefficient (Wildman–Crippen LogP) is 7.48. The van der Waals surface area contributed by atoms with Crippen molar-refractivity contribution in [3.05, 3.63) is 53.8 Å². The van der Waals surface area contributed by atoms with Crippen molar-refractivity contribution in [1.82, 2.24) is 0 Å². The molecular formula is C25H28F4O2. The first-order valence-electron chi connectivity index (χ1n) is 11.1. The molecule has 168 valence electrons. The number of hydrogen-bond donors (Lipinski definition) is 0. The van der Waals surface area contributed by atoms with E-state index in [4.69, 9.17) is 4.74 Å². The first kappa shape index (κ1) is 22.1. The summed E-state index contributed by atoms with van der Waals surface area (Å²) in [6.07, 6.45) is 2.40. The Balaban J connectivity index is 1.42. The molecule has 2 aliphatic rings. The summed E-state index contributed by atoms with van der Waals surface area (Å²) >= 11 is 0. The maximum absolute atomic E-state index is 14.9. The zero-order valence-corrected chi connectivity index (χ0v) is 17.6. The number of alkyl halides is 3. The summed E-state index contributed by atoms with van der Waals surface area (Å²) in [5.41, 5.74) is 1.92. The zero-order valence-electron chi connectivity index (χ0n) is 17.6. The molecule has 2 aliphatic carbocycles. The maximum atomic E-state index is 14.9. The third kappa shape index (κ3) is 5.40. The first-order chi connectivity index (χ1) is 14.8. The number of ether oxygens (including phenoxy) is 2. The highest BCUT2D eigenvalue weighted by Gasteiger charge is 2.36. The summed E-state index contributed by atoms with van der Waals surface area (Å²) in [6.45, 7) is 2.82. The van der Waals surface area contributed by atoms with E-state index in [1.54, 1.807) is 12.1 Å². The molecule has 31 heavy (non-hydrogen) atoms. The molecule has 6 heteroatoms. The Bertz CT molecular complexity index is 878. The van der Waals surface area contributed by atoms with Gasteiger partial charge < -0.3 is 9.47 Å². The fourth-order valence-electron chi connectivity index (χ4n) is 5.39. The summed E-state index contributed by atoms with van der Waals surface area (Å²) in [5, 5.41) is 0. The molecule has 2 saturated carbocycles. The Morgan fingerprint density at radius 1 is 0.903 bits per heavy atom. The van der Waals surface area contributed by atoms with Gasteiger partial charge in [-0.2, -0.15) is 0 Å². The Hall–Kier alpha value is -2.08. The number of hydrogen-bond acceptors (Lipinski definition) is 2. The number of benzene rings is 2. The van der Waals surface area contributed by atoms with Crippen molar-refractivity contribution in [3.63, 3.8) is 0 Å². The van der Waals surface area contributed by atoms with Crippen molar-refractivity contribution in [2.45, 2.75) is 63.8 Å². The van der Waals surface area contributed by atoms with Crippen LogP contribution in [0.1, 0.15) is 56.9 Å². The van der Waals surface area contributed by atoms with E-state index >= 15 is 0 Å². The number of rotatable bonds is 5. The van der Waals surface area contributed by atoms with Crippen LogP contribution in [0.3, 0.4) is 0 Å². The number of halogens is 4. The van der Waals surface area contributed by atoms with Crippen LogP contribution < -0.4 is 4.74 Å². The topological polar surface area (TPSA) is 18.5 Å². The molecule has 0 amide bonds. The Morgan fingerprint density at radius 3 is 2.29 bits per heavy atom. The van der Waals surface area contributed by atoms with Gasteiger partial charge in [0.15, 0.2) is 0 Å². The van der Waals surface area contributed by atoms with E-state index in [9.17, 15) is 17.6 Å². The van der Waals surface area contributed by atoms with Crippen molar-refractivity contribution in [2.24, 2.45) is 11.8 Å². The van der Waals surface area contributed by atoms with Crippen molar-refractivity contribution in [2.75, 3.05) is 6.61 Å². The van der Waals surface area contributed by atoms with Gasteiger partial charge in [0.05, 0.1) is 6.10 Å². The van der Waals surface area contributed by atoms with Crippen molar-refractivity contribution in [1.29, 1.82) is 0 Å². The van der Waals surface area contributed by atoms with E-state index in [-0.39, 0.29) is 11.6 Å². The molecule has 4 rings (SSSR count). The normalized spacial score (nSPS) is 26.4. The van der Waals surface area contributed by atoms with Crippen LogP contribution in [0.4, 0.5) is 17.6 Å². The molecule has 4 unspecified atom stereocenters. The standard InChI is InChI=1S/C25H28F4O2/c1-2-30-22-11-7-18-13-17(3-4-19(18)14-22)20-8-12-23(24(26)15-20)16-5-9-21(10-6-16)31-25(27,28)29/h5-6,8-10,12,15,17-19,22H,2-4,7,11,13-14H2,1H3. The van der Waals surface area contributed by atoms with E-state index in [0.29, 0.717) is 35.0 Å². The minimum atomic E-state index is -4.74. The van der Waals surface area contributed by atoms with Gasteiger partial charge in [0, 0.05) is 12.2 Å². The Morgan fingerprint density at radius 2 is 1.61 bits per heavy atom. The largest absolute Gasteiger partial charge is 0.573 e. The van der Waals surface area contributed by atoms with Gasteiger partial charge in [-0.3, -0.25) is 0 Å². The average molecular weight is 436 g/mol. The van der Waals surface area contributed by atoms with E-state index in [1.165, 1.54) is 30.7 Å². The summed E-state index contributed by atoms with van der Waals surface area (Å²) < 4.78 is 61.6. The second kappa shape index (κ2) is 9.19. The SMILES string of the molecule is CCOC1CCC2CC(c3ccc(-c4ccc(OC(F)(F)F)cc4)c(F)c3)CCC2C1. The summed E-state index contributed by atoms with van der Waals surface area (Å²) in [4.78, 5) is 0. The van der Waals surface area contributed by atoms with Gasteiger partial charge in [-0.15, -0.1) is 13.2 Å². The zero-order chi connectivity index (χ0) is 22.0. The molecule has 2 aromatic carbocycles. The van der Waals surface area contributed by atoms with Gasteiger partial charge in [-0.25, -0.2) is 4.39 Å².